The molecule has 36 heavy (non-hydrogen) atoms. The van der Waals surface area contributed by atoms with E-state index in [9.17, 15) is 9.90 Å². The van der Waals surface area contributed by atoms with Crippen LogP contribution in [0.25, 0.3) is 0 Å². The number of amides is 2. The van der Waals surface area contributed by atoms with Crippen molar-refractivity contribution in [2.24, 2.45) is 0 Å². The third-order valence-corrected chi connectivity index (χ3v) is 7.89. The zero-order valence-corrected chi connectivity index (χ0v) is 22.2. The van der Waals surface area contributed by atoms with E-state index in [1.807, 2.05) is 54.6 Å². The number of aliphatic hydroxyl groups is 1. The molecule has 5 rings (SSSR count). The van der Waals surface area contributed by atoms with Gasteiger partial charge in [-0.15, -0.1) is 0 Å². The molecule has 1 heterocycles. The summed E-state index contributed by atoms with van der Waals surface area (Å²) in [7, 11) is 6.48. The highest BCUT2D eigenvalue weighted by Crippen LogP contribution is 2.68. The Hall–Kier alpha value is -3.23. The summed E-state index contributed by atoms with van der Waals surface area (Å²) in [5.74, 6) is 1.15. The van der Waals surface area contributed by atoms with Crippen molar-refractivity contribution >= 4 is 22.0 Å². The SMILES string of the molecule is COc1cc(OC)c2c(c1)O[C@@]1(c3ccc(Br)cc3)[C@H](c3ccccc3)C[C@@H](NC(=O)N(C)C)[C@@]21O. The number of rotatable bonds is 5. The second-order valence-corrected chi connectivity index (χ2v) is 10.3. The summed E-state index contributed by atoms with van der Waals surface area (Å²) in [4.78, 5) is 14.4. The average Bonchev–Trinajstić information content (AvgIpc) is 3.29. The first kappa shape index (κ1) is 24.5. The number of methoxy groups -OCH3 is 2. The minimum absolute atomic E-state index is 0.291. The molecule has 0 saturated heterocycles. The lowest BCUT2D eigenvalue weighted by Gasteiger charge is -2.41. The van der Waals surface area contributed by atoms with Crippen LogP contribution in [-0.4, -0.2) is 50.4 Å². The number of fused-ring (bicyclic) bond motifs is 3. The quantitative estimate of drug-likeness (QED) is 0.476. The zero-order chi connectivity index (χ0) is 25.7. The van der Waals surface area contributed by atoms with Gasteiger partial charge in [-0.1, -0.05) is 58.4 Å². The van der Waals surface area contributed by atoms with Crippen molar-refractivity contribution in [1.82, 2.24) is 10.2 Å². The Kier molecular flexibility index (Phi) is 6.12. The van der Waals surface area contributed by atoms with Crippen LogP contribution in [0.2, 0.25) is 0 Å². The van der Waals surface area contributed by atoms with Crippen molar-refractivity contribution in [3.63, 3.8) is 0 Å². The largest absolute Gasteiger partial charge is 0.496 e. The molecule has 2 amide bonds. The van der Waals surface area contributed by atoms with E-state index in [-0.39, 0.29) is 11.9 Å². The third kappa shape index (κ3) is 3.46. The first-order valence-corrected chi connectivity index (χ1v) is 12.5. The van der Waals surface area contributed by atoms with E-state index in [2.05, 4.69) is 21.2 Å². The number of hydrogen-bond acceptors (Lipinski definition) is 5. The van der Waals surface area contributed by atoms with Crippen LogP contribution < -0.4 is 19.5 Å². The number of nitrogens with zero attached hydrogens (tertiary/aromatic N) is 1. The number of urea groups is 1. The number of halogens is 1. The summed E-state index contributed by atoms with van der Waals surface area (Å²) in [6.07, 6.45) is 0.449. The lowest BCUT2D eigenvalue weighted by molar-refractivity contribution is -0.116. The fraction of sp³-hybridized carbons (Fsp3) is 0.321. The topological polar surface area (TPSA) is 80.3 Å². The molecule has 0 spiro atoms. The van der Waals surface area contributed by atoms with Crippen molar-refractivity contribution in [1.29, 1.82) is 0 Å². The van der Waals surface area contributed by atoms with Crippen LogP contribution in [-0.2, 0) is 11.2 Å². The average molecular weight is 553 g/mol. The molecule has 1 aliphatic heterocycles. The Morgan fingerprint density at radius 3 is 2.39 bits per heavy atom. The summed E-state index contributed by atoms with van der Waals surface area (Å²) >= 11 is 3.53. The van der Waals surface area contributed by atoms with Gasteiger partial charge in [0, 0.05) is 36.6 Å². The third-order valence-electron chi connectivity index (χ3n) is 7.36. The molecule has 7 nitrogen and oxygen atoms in total. The summed E-state index contributed by atoms with van der Waals surface area (Å²) < 4.78 is 19.1. The maximum absolute atomic E-state index is 13.0. The molecule has 1 aliphatic carbocycles. The van der Waals surface area contributed by atoms with E-state index in [1.54, 1.807) is 40.4 Å². The summed E-state index contributed by atoms with van der Waals surface area (Å²) in [5, 5.41) is 16.0. The number of ether oxygens (including phenoxy) is 3. The van der Waals surface area contributed by atoms with E-state index in [0.29, 0.717) is 29.2 Å². The van der Waals surface area contributed by atoms with Gasteiger partial charge in [-0.25, -0.2) is 4.79 Å². The van der Waals surface area contributed by atoms with Crippen LogP contribution in [0, 0.1) is 0 Å². The molecule has 0 bridgehead atoms. The van der Waals surface area contributed by atoms with Crippen LogP contribution in [0.3, 0.4) is 0 Å². The highest BCUT2D eigenvalue weighted by atomic mass is 79.9. The van der Waals surface area contributed by atoms with Gasteiger partial charge >= 0.3 is 6.03 Å². The van der Waals surface area contributed by atoms with Crippen LogP contribution in [0.5, 0.6) is 17.2 Å². The van der Waals surface area contributed by atoms with Crippen molar-refractivity contribution in [2.45, 2.75) is 29.6 Å². The monoisotopic (exact) mass is 552 g/mol. The maximum atomic E-state index is 13.0. The molecular formula is C28H29BrN2O5. The highest BCUT2D eigenvalue weighted by molar-refractivity contribution is 9.10. The second kappa shape index (κ2) is 9.01. The number of benzene rings is 3. The van der Waals surface area contributed by atoms with E-state index >= 15 is 0 Å². The molecule has 2 N–H and O–H groups in total. The van der Waals surface area contributed by atoms with Crippen LogP contribution in [0.1, 0.15) is 29.0 Å². The molecule has 3 aromatic carbocycles. The van der Waals surface area contributed by atoms with Crippen molar-refractivity contribution in [3.05, 3.63) is 87.9 Å². The van der Waals surface area contributed by atoms with Gasteiger partial charge in [0.25, 0.3) is 0 Å². The minimum Gasteiger partial charge on any atom is -0.496 e. The van der Waals surface area contributed by atoms with Crippen LogP contribution in [0.15, 0.2) is 71.2 Å². The van der Waals surface area contributed by atoms with Gasteiger partial charge in [0.15, 0.2) is 11.2 Å². The molecule has 1 fully saturated rings. The van der Waals surface area contributed by atoms with Gasteiger partial charge in [-0.2, -0.15) is 0 Å². The summed E-state index contributed by atoms with van der Waals surface area (Å²) in [6, 6.07) is 20.3. The lowest BCUT2D eigenvalue weighted by atomic mass is 9.71. The fourth-order valence-electron chi connectivity index (χ4n) is 5.76. The van der Waals surface area contributed by atoms with Gasteiger partial charge in [0.2, 0.25) is 0 Å². The molecule has 0 unspecified atom stereocenters. The molecule has 8 heteroatoms. The van der Waals surface area contributed by atoms with Gasteiger partial charge < -0.3 is 29.5 Å². The first-order chi connectivity index (χ1) is 17.3. The van der Waals surface area contributed by atoms with Gasteiger partial charge in [0.1, 0.15) is 17.2 Å². The first-order valence-electron chi connectivity index (χ1n) is 11.7. The fourth-order valence-corrected chi connectivity index (χ4v) is 6.02. The molecule has 0 aromatic heterocycles. The Morgan fingerprint density at radius 1 is 1.08 bits per heavy atom. The minimum atomic E-state index is -1.65. The Bertz CT molecular complexity index is 1280. The van der Waals surface area contributed by atoms with E-state index in [1.165, 1.54) is 4.90 Å². The number of carbonyl (C=O) groups is 1. The molecule has 4 atom stereocenters. The second-order valence-electron chi connectivity index (χ2n) is 9.41. The molecular weight excluding hydrogens is 524 g/mol. The Morgan fingerprint density at radius 2 is 1.78 bits per heavy atom. The Balaban J connectivity index is 1.82. The molecule has 0 radical (unpaired) electrons. The van der Waals surface area contributed by atoms with Crippen LogP contribution in [0.4, 0.5) is 4.79 Å². The number of nitrogens with one attached hydrogen (secondary N) is 1. The van der Waals surface area contributed by atoms with Crippen LogP contribution >= 0.6 is 15.9 Å². The van der Waals surface area contributed by atoms with Crippen molar-refractivity contribution in [2.75, 3.05) is 28.3 Å². The number of carbonyl (C=O) groups excluding carboxylic acids is 1. The molecule has 188 valence electrons. The number of hydrogen-bond donors (Lipinski definition) is 2. The smallest absolute Gasteiger partial charge is 0.317 e. The summed E-state index contributed by atoms with van der Waals surface area (Å²) in [6.45, 7) is 0. The maximum Gasteiger partial charge on any atom is 0.317 e. The van der Waals surface area contributed by atoms with Gasteiger partial charge in [-0.3, -0.25) is 0 Å². The van der Waals surface area contributed by atoms with Gasteiger partial charge in [0.05, 0.1) is 25.8 Å². The molecule has 1 saturated carbocycles. The van der Waals surface area contributed by atoms with E-state index < -0.39 is 17.2 Å². The highest BCUT2D eigenvalue weighted by Gasteiger charge is 2.74. The lowest BCUT2D eigenvalue weighted by Crippen LogP contribution is -2.57. The predicted molar refractivity (Wildman–Crippen MR) is 140 cm³/mol. The standard InChI is InChI=1S/C28H29BrN2O5/c1-31(2)26(32)30-24-16-21(17-8-6-5-7-9-17)28(18-10-12-19(29)13-11-18)27(24,33)25-22(35-4)14-20(34-3)15-23(25)36-28/h5-15,21,24,33H,16H2,1-4H3,(H,30,32)/t21-,24+,27+,28-/m0/s1. The van der Waals surface area contributed by atoms with Gasteiger partial charge in [-0.05, 0) is 29.7 Å². The van der Waals surface area contributed by atoms with E-state index in [0.717, 1.165) is 15.6 Å². The predicted octanol–water partition coefficient (Wildman–Crippen LogP) is 4.77. The van der Waals surface area contributed by atoms with Crippen molar-refractivity contribution in [3.8, 4) is 17.2 Å². The zero-order valence-electron chi connectivity index (χ0n) is 20.6. The molecule has 3 aromatic rings. The normalized spacial score (nSPS) is 25.9. The van der Waals surface area contributed by atoms with Crippen molar-refractivity contribution < 1.29 is 24.1 Å². The molecule has 2 aliphatic rings. The van der Waals surface area contributed by atoms with E-state index in [4.69, 9.17) is 14.2 Å². The summed E-state index contributed by atoms with van der Waals surface area (Å²) in [5.41, 5.74) is -0.613. The Labute approximate surface area is 219 Å².